The SMILES string of the molecule is CNc1nc(C)c2c(n1)-c1cc[c-]cc1C(c1ccccc1C)=NC2.[Rb+]. The van der Waals surface area contributed by atoms with E-state index in [1.807, 2.05) is 26.1 Å². The normalized spacial score (nSPS) is 12.2. The van der Waals surface area contributed by atoms with Crippen LogP contribution in [-0.4, -0.2) is 22.7 Å². The molecule has 2 heterocycles. The van der Waals surface area contributed by atoms with Crippen LogP contribution in [0.2, 0.25) is 0 Å². The van der Waals surface area contributed by atoms with Crippen molar-refractivity contribution >= 4 is 11.7 Å². The van der Waals surface area contributed by atoms with Gasteiger partial charge in [-0.05, 0) is 25.0 Å². The van der Waals surface area contributed by atoms with Crippen LogP contribution in [0.1, 0.15) is 27.9 Å². The van der Waals surface area contributed by atoms with E-state index in [0.29, 0.717) is 12.5 Å². The molecule has 1 aromatic heterocycles. The average Bonchev–Trinajstić information content (AvgIpc) is 2.80. The Morgan fingerprint density at radius 2 is 1.81 bits per heavy atom. The second kappa shape index (κ2) is 8.22. The Bertz CT molecular complexity index is 995. The molecule has 4 rings (SSSR count). The topological polar surface area (TPSA) is 50.2 Å². The second-order valence-electron chi connectivity index (χ2n) is 6.16. The monoisotopic (exact) mass is 412 g/mol. The first kappa shape index (κ1) is 19.6. The first-order chi connectivity index (χ1) is 12.2. The first-order valence-electron chi connectivity index (χ1n) is 8.35. The van der Waals surface area contributed by atoms with Gasteiger partial charge in [0.05, 0.1) is 12.2 Å². The Labute approximate surface area is 203 Å². The van der Waals surface area contributed by atoms with Gasteiger partial charge in [0.15, 0.2) is 0 Å². The Morgan fingerprint density at radius 1 is 1.00 bits per heavy atom. The van der Waals surface area contributed by atoms with Crippen molar-refractivity contribution in [3.63, 3.8) is 0 Å². The third kappa shape index (κ3) is 3.48. The first-order valence-corrected chi connectivity index (χ1v) is 8.35. The molecule has 0 spiro atoms. The molecule has 0 amide bonds. The fourth-order valence-electron chi connectivity index (χ4n) is 3.26. The molecule has 0 bridgehead atoms. The number of nitrogens with one attached hydrogen (secondary N) is 1. The maximum atomic E-state index is 4.95. The van der Waals surface area contributed by atoms with Crippen molar-refractivity contribution in [1.29, 1.82) is 0 Å². The summed E-state index contributed by atoms with van der Waals surface area (Å²) in [4.78, 5) is 14.2. The summed E-state index contributed by atoms with van der Waals surface area (Å²) in [5, 5.41) is 3.05. The molecule has 4 nitrogen and oxygen atoms in total. The van der Waals surface area contributed by atoms with Gasteiger partial charge in [-0.1, -0.05) is 35.4 Å². The number of rotatable bonds is 2. The summed E-state index contributed by atoms with van der Waals surface area (Å²) >= 11 is 0. The van der Waals surface area contributed by atoms with Gasteiger partial charge in [0.2, 0.25) is 5.95 Å². The van der Waals surface area contributed by atoms with Gasteiger partial charge in [-0.25, -0.2) is 9.97 Å². The Hall–Kier alpha value is -1.20. The number of hydrogen-bond acceptors (Lipinski definition) is 4. The summed E-state index contributed by atoms with van der Waals surface area (Å²) in [5.74, 6) is 0.634. The summed E-state index contributed by atoms with van der Waals surface area (Å²) in [7, 11) is 1.84. The van der Waals surface area contributed by atoms with Crippen molar-refractivity contribution in [3.05, 3.63) is 76.5 Å². The molecule has 0 radical (unpaired) electrons. The zero-order valence-corrected chi connectivity index (χ0v) is 20.5. The van der Waals surface area contributed by atoms with Crippen LogP contribution in [0, 0.1) is 19.9 Å². The Morgan fingerprint density at radius 3 is 2.58 bits per heavy atom. The van der Waals surface area contributed by atoms with Gasteiger partial charge in [-0.15, -0.1) is 0 Å². The van der Waals surface area contributed by atoms with Gasteiger partial charge in [-0.3, -0.25) is 4.99 Å². The number of aryl methyl sites for hydroxylation is 2. The molecule has 3 aromatic rings. The minimum atomic E-state index is 0. The van der Waals surface area contributed by atoms with Gasteiger partial charge >= 0.3 is 58.2 Å². The van der Waals surface area contributed by atoms with Gasteiger partial charge < -0.3 is 5.32 Å². The van der Waals surface area contributed by atoms with E-state index in [9.17, 15) is 0 Å². The molecule has 0 saturated carbocycles. The van der Waals surface area contributed by atoms with E-state index in [4.69, 9.17) is 9.98 Å². The van der Waals surface area contributed by atoms with Crippen molar-refractivity contribution in [2.75, 3.05) is 12.4 Å². The molecule has 1 aliphatic heterocycles. The van der Waals surface area contributed by atoms with Crippen LogP contribution in [0.3, 0.4) is 0 Å². The van der Waals surface area contributed by atoms with Crippen LogP contribution in [-0.2, 0) is 6.54 Å². The number of aliphatic imine (C=N–C) groups is 1. The molecule has 5 heteroatoms. The molecule has 0 fully saturated rings. The zero-order chi connectivity index (χ0) is 17.4. The number of nitrogens with zero attached hydrogens (tertiary/aromatic N) is 3. The van der Waals surface area contributed by atoms with Gasteiger partial charge in [-0.2, -0.15) is 24.3 Å². The van der Waals surface area contributed by atoms with Gasteiger partial charge in [0.1, 0.15) is 0 Å². The maximum absolute atomic E-state index is 4.95. The van der Waals surface area contributed by atoms with E-state index in [2.05, 4.69) is 53.6 Å². The third-order valence-electron chi connectivity index (χ3n) is 4.61. The summed E-state index contributed by atoms with van der Waals surface area (Å²) in [6.45, 7) is 4.71. The molecule has 26 heavy (non-hydrogen) atoms. The predicted octanol–water partition coefficient (Wildman–Crippen LogP) is 0.957. The van der Waals surface area contributed by atoms with E-state index < -0.39 is 0 Å². The smallest absolute Gasteiger partial charge is 0.357 e. The van der Waals surface area contributed by atoms with Crippen LogP contribution in [0.25, 0.3) is 11.3 Å². The number of aromatic nitrogens is 2. The molecule has 0 saturated heterocycles. The molecule has 0 aliphatic carbocycles. The van der Waals surface area contributed by atoms with E-state index in [1.54, 1.807) is 0 Å². The van der Waals surface area contributed by atoms with E-state index >= 15 is 0 Å². The minimum absolute atomic E-state index is 0. The summed E-state index contributed by atoms with van der Waals surface area (Å²) in [6.07, 6.45) is 0. The summed E-state index contributed by atoms with van der Waals surface area (Å²) < 4.78 is 0. The molecule has 124 valence electrons. The number of anilines is 1. The maximum Gasteiger partial charge on any atom is 1.00 e. The standard InChI is InChI=1S/C21H19N4.Rb/c1-13-8-4-5-9-15(13)19-16-10-6-7-11-17(16)20-18(12-23-19)14(2)24-21(22-3)25-20;/h4-5,7-11H,12H2,1-3H3,(H,22,24,25);/q-1;+1. The second-order valence-corrected chi connectivity index (χ2v) is 6.16. The van der Waals surface area contributed by atoms with Crippen LogP contribution >= 0.6 is 0 Å². The summed E-state index contributed by atoms with van der Waals surface area (Å²) in [5.41, 5.74) is 8.49. The van der Waals surface area contributed by atoms with E-state index in [1.165, 1.54) is 5.56 Å². The van der Waals surface area contributed by atoms with Crippen molar-refractivity contribution < 1.29 is 58.2 Å². The molecular weight excluding hydrogens is 394 g/mol. The van der Waals surface area contributed by atoms with E-state index in [-0.39, 0.29) is 58.2 Å². The van der Waals surface area contributed by atoms with Crippen molar-refractivity contribution in [2.24, 2.45) is 4.99 Å². The number of benzene rings is 2. The van der Waals surface area contributed by atoms with Crippen molar-refractivity contribution in [2.45, 2.75) is 20.4 Å². The average molecular weight is 413 g/mol. The molecule has 0 unspecified atom stereocenters. The van der Waals surface area contributed by atoms with Crippen LogP contribution in [0.4, 0.5) is 5.95 Å². The molecule has 2 aromatic carbocycles. The number of fused-ring (bicyclic) bond motifs is 3. The van der Waals surface area contributed by atoms with Crippen LogP contribution < -0.4 is 63.5 Å². The summed E-state index contributed by atoms with van der Waals surface area (Å²) in [6, 6.07) is 17.6. The zero-order valence-electron chi connectivity index (χ0n) is 15.6. The number of hydrogen-bond donors (Lipinski definition) is 1. The van der Waals surface area contributed by atoms with Crippen LogP contribution in [0.15, 0.2) is 47.5 Å². The Balaban J connectivity index is 0.00000196. The van der Waals surface area contributed by atoms with Gasteiger partial charge in [0.25, 0.3) is 0 Å². The molecule has 0 atom stereocenters. The predicted molar refractivity (Wildman–Crippen MR) is 101 cm³/mol. The minimum Gasteiger partial charge on any atom is -0.357 e. The van der Waals surface area contributed by atoms with Crippen molar-refractivity contribution in [1.82, 2.24) is 9.97 Å². The fourth-order valence-corrected chi connectivity index (χ4v) is 3.26. The van der Waals surface area contributed by atoms with Gasteiger partial charge in [0, 0.05) is 24.0 Å². The molecular formula is C21H19N4Rb. The molecule has 1 aliphatic rings. The fraction of sp³-hybridized carbons (Fsp3) is 0.190. The third-order valence-corrected chi connectivity index (χ3v) is 4.61. The van der Waals surface area contributed by atoms with E-state index in [0.717, 1.165) is 39.4 Å². The van der Waals surface area contributed by atoms with Crippen molar-refractivity contribution in [3.8, 4) is 11.3 Å². The largest absolute Gasteiger partial charge is 1.00 e. The Kier molecular flexibility index (Phi) is 6.18. The molecule has 1 N–H and O–H groups in total. The van der Waals surface area contributed by atoms with Crippen LogP contribution in [0.5, 0.6) is 0 Å². The quantitative estimate of drug-likeness (QED) is 0.638.